The molecule has 0 N–H and O–H groups in total. The molecule has 0 bridgehead atoms. The monoisotopic (exact) mass is 407 g/mol. The molecule has 156 valence electrons. The van der Waals surface area contributed by atoms with Gasteiger partial charge in [0, 0.05) is 17.5 Å². The first-order valence-electron chi connectivity index (χ1n) is 11.3. The lowest BCUT2D eigenvalue weighted by atomic mass is 9.91. The van der Waals surface area contributed by atoms with Crippen LogP contribution in [-0.4, -0.2) is 5.91 Å². The van der Waals surface area contributed by atoms with Gasteiger partial charge in [0.15, 0.2) is 0 Å². The van der Waals surface area contributed by atoms with Crippen LogP contribution in [0.15, 0.2) is 78.9 Å². The van der Waals surface area contributed by atoms with Crippen LogP contribution in [0.3, 0.4) is 0 Å². The number of unbranched alkanes of at least 4 members (excludes halogenated alkanes) is 1. The molecule has 0 aliphatic carbocycles. The van der Waals surface area contributed by atoms with Gasteiger partial charge in [0.2, 0.25) is 5.91 Å². The smallest absolute Gasteiger partial charge is 0.227 e. The van der Waals surface area contributed by atoms with E-state index in [1.165, 1.54) is 5.56 Å². The van der Waals surface area contributed by atoms with E-state index in [9.17, 15) is 4.79 Å². The fourth-order valence-electron chi connectivity index (χ4n) is 4.34. The van der Waals surface area contributed by atoms with Crippen molar-refractivity contribution in [2.45, 2.75) is 51.5 Å². The number of hydrogen-bond donors (Lipinski definition) is 0. The number of nitrogens with zero attached hydrogens (tertiary/aromatic N) is 1. The van der Waals surface area contributed by atoms with E-state index in [0.717, 1.165) is 48.1 Å². The van der Waals surface area contributed by atoms with Gasteiger partial charge < -0.3 is 4.90 Å². The van der Waals surface area contributed by atoms with Crippen molar-refractivity contribution in [2.24, 2.45) is 0 Å². The highest BCUT2D eigenvalue weighted by molar-refractivity contribution is 5.95. The van der Waals surface area contributed by atoms with Gasteiger partial charge in [0.1, 0.15) is 0 Å². The van der Waals surface area contributed by atoms with Gasteiger partial charge in [-0.3, -0.25) is 4.79 Å². The van der Waals surface area contributed by atoms with Crippen molar-refractivity contribution < 1.29 is 4.79 Å². The van der Waals surface area contributed by atoms with Crippen molar-refractivity contribution in [3.63, 3.8) is 0 Å². The highest BCUT2D eigenvalue weighted by Crippen LogP contribution is 2.28. The summed E-state index contributed by atoms with van der Waals surface area (Å²) in [6, 6.07) is 26.8. The molecule has 3 aromatic rings. The molecule has 3 aromatic carbocycles. The maximum absolute atomic E-state index is 13.3. The molecule has 2 heteroatoms. The Labute approximate surface area is 185 Å². The van der Waals surface area contributed by atoms with E-state index < -0.39 is 0 Å². The molecule has 2 nitrogen and oxygen atoms in total. The van der Waals surface area contributed by atoms with E-state index in [1.807, 2.05) is 47.4 Å². The van der Waals surface area contributed by atoms with Crippen LogP contribution in [0.1, 0.15) is 67.2 Å². The third-order valence-electron chi connectivity index (χ3n) is 6.13. The first-order valence-corrected chi connectivity index (χ1v) is 11.3. The minimum Gasteiger partial charge on any atom is -0.307 e. The van der Waals surface area contributed by atoms with E-state index in [4.69, 9.17) is 0 Å². The fourth-order valence-corrected chi connectivity index (χ4v) is 4.34. The average Bonchev–Trinajstić information content (AvgIpc) is 2.81. The number of carbonyl (C=O) groups excluding carboxylic acids is 1. The summed E-state index contributed by atoms with van der Waals surface area (Å²) < 4.78 is 0. The molecular formula is C29H29NO. The first kappa shape index (κ1) is 20.9. The Hall–Kier alpha value is -3.31. The number of rotatable bonds is 7. The Balaban J connectivity index is 1.44. The van der Waals surface area contributed by atoms with Crippen LogP contribution in [-0.2, 0) is 11.3 Å². The molecular weight excluding hydrogens is 378 g/mol. The van der Waals surface area contributed by atoms with Crippen molar-refractivity contribution in [2.75, 3.05) is 4.90 Å². The van der Waals surface area contributed by atoms with Crippen molar-refractivity contribution in [3.8, 4) is 11.8 Å². The summed E-state index contributed by atoms with van der Waals surface area (Å²) in [6.07, 6.45) is 4.79. The molecule has 0 saturated carbocycles. The topological polar surface area (TPSA) is 20.3 Å². The Morgan fingerprint density at radius 1 is 0.871 bits per heavy atom. The molecule has 1 aliphatic rings. The number of fused-ring (bicyclic) bond motifs is 2. The zero-order valence-corrected chi connectivity index (χ0v) is 18.2. The maximum Gasteiger partial charge on any atom is 0.227 e. The number of carbonyl (C=O) groups is 1. The first-order chi connectivity index (χ1) is 15.3. The van der Waals surface area contributed by atoms with Gasteiger partial charge in [0.25, 0.3) is 0 Å². The van der Waals surface area contributed by atoms with Crippen LogP contribution in [0, 0.1) is 11.8 Å². The molecule has 1 amide bonds. The molecule has 1 atom stereocenters. The van der Waals surface area contributed by atoms with E-state index in [0.29, 0.717) is 18.9 Å². The van der Waals surface area contributed by atoms with Crippen LogP contribution < -0.4 is 4.90 Å². The van der Waals surface area contributed by atoms with Gasteiger partial charge in [-0.25, -0.2) is 0 Å². The molecule has 4 rings (SSSR count). The van der Waals surface area contributed by atoms with Crippen LogP contribution >= 0.6 is 0 Å². The fraction of sp³-hybridized carbons (Fsp3) is 0.276. The second-order valence-corrected chi connectivity index (χ2v) is 8.17. The molecule has 1 heterocycles. The predicted molar refractivity (Wildman–Crippen MR) is 128 cm³/mol. The SMILES string of the molecule is CCC(CCCCC(=O)N1Cc2ccccc2C#Cc2ccccc21)c1ccccc1. The van der Waals surface area contributed by atoms with Gasteiger partial charge in [-0.15, -0.1) is 0 Å². The quantitative estimate of drug-likeness (QED) is 0.316. The van der Waals surface area contributed by atoms with Crippen molar-refractivity contribution in [1.29, 1.82) is 0 Å². The van der Waals surface area contributed by atoms with Crippen LogP contribution in [0.25, 0.3) is 0 Å². The van der Waals surface area contributed by atoms with Gasteiger partial charge in [0.05, 0.1) is 12.2 Å². The molecule has 0 spiro atoms. The van der Waals surface area contributed by atoms with Gasteiger partial charge in [-0.2, -0.15) is 0 Å². The minimum atomic E-state index is 0.179. The standard InChI is InChI=1S/C29H29NO/c1-2-23(24-13-4-3-5-14-24)12-9-11-19-29(31)30-22-27-17-7-6-15-25(27)20-21-26-16-8-10-18-28(26)30/h3-8,10,13-18,23H,2,9,11-12,19,22H2,1H3. The number of para-hydroxylation sites is 1. The Morgan fingerprint density at radius 3 is 2.35 bits per heavy atom. The molecule has 31 heavy (non-hydrogen) atoms. The van der Waals surface area contributed by atoms with E-state index in [1.54, 1.807) is 0 Å². The van der Waals surface area contributed by atoms with Crippen LogP contribution in [0.2, 0.25) is 0 Å². The summed E-state index contributed by atoms with van der Waals surface area (Å²) in [4.78, 5) is 15.2. The zero-order valence-electron chi connectivity index (χ0n) is 18.2. The summed E-state index contributed by atoms with van der Waals surface area (Å²) in [5.74, 6) is 7.30. The number of hydrogen-bond acceptors (Lipinski definition) is 1. The summed E-state index contributed by atoms with van der Waals surface area (Å²) in [6.45, 7) is 2.82. The molecule has 0 aromatic heterocycles. The lowest BCUT2D eigenvalue weighted by molar-refractivity contribution is -0.118. The number of benzene rings is 3. The normalized spacial score (nSPS) is 13.1. The minimum absolute atomic E-state index is 0.179. The molecule has 0 saturated heterocycles. The van der Waals surface area contributed by atoms with Gasteiger partial charge >= 0.3 is 0 Å². The highest BCUT2D eigenvalue weighted by Gasteiger charge is 2.21. The van der Waals surface area contributed by atoms with Crippen molar-refractivity contribution >= 4 is 11.6 Å². The number of anilines is 1. The van der Waals surface area contributed by atoms with Gasteiger partial charge in [-0.1, -0.05) is 85.8 Å². The predicted octanol–water partition coefficient (Wildman–Crippen LogP) is 6.69. The maximum atomic E-state index is 13.3. The lowest BCUT2D eigenvalue weighted by Gasteiger charge is -2.26. The van der Waals surface area contributed by atoms with Crippen LogP contribution in [0.5, 0.6) is 0 Å². The lowest BCUT2D eigenvalue weighted by Crippen LogP contribution is -2.31. The molecule has 1 unspecified atom stereocenters. The summed E-state index contributed by atoms with van der Waals surface area (Å²) in [7, 11) is 0. The Morgan fingerprint density at radius 2 is 1.55 bits per heavy atom. The van der Waals surface area contributed by atoms with E-state index in [-0.39, 0.29) is 5.91 Å². The molecule has 0 radical (unpaired) electrons. The third-order valence-corrected chi connectivity index (χ3v) is 6.13. The Kier molecular flexibility index (Phi) is 6.85. The summed E-state index contributed by atoms with van der Waals surface area (Å²) in [5.41, 5.74) is 5.35. The van der Waals surface area contributed by atoms with Crippen LogP contribution in [0.4, 0.5) is 5.69 Å². The summed E-state index contributed by atoms with van der Waals surface area (Å²) >= 11 is 0. The average molecular weight is 408 g/mol. The molecule has 0 fully saturated rings. The van der Waals surface area contributed by atoms with E-state index >= 15 is 0 Å². The second-order valence-electron chi connectivity index (χ2n) is 8.17. The second kappa shape index (κ2) is 10.1. The third kappa shape index (κ3) is 5.06. The number of amides is 1. The van der Waals surface area contributed by atoms with E-state index in [2.05, 4.69) is 55.2 Å². The Bertz CT molecular complexity index is 1090. The highest BCUT2D eigenvalue weighted by atomic mass is 16.2. The van der Waals surface area contributed by atoms with Crippen molar-refractivity contribution in [1.82, 2.24) is 0 Å². The largest absolute Gasteiger partial charge is 0.307 e. The molecule has 1 aliphatic heterocycles. The van der Waals surface area contributed by atoms with Crippen molar-refractivity contribution in [3.05, 3.63) is 101 Å². The zero-order chi connectivity index (χ0) is 21.5. The van der Waals surface area contributed by atoms with Gasteiger partial charge in [-0.05, 0) is 54.5 Å². The summed E-state index contributed by atoms with van der Waals surface area (Å²) in [5, 5.41) is 0.